The largest absolute Gasteiger partial charge is 0.469 e. The van der Waals surface area contributed by atoms with Gasteiger partial charge in [0, 0.05) is 12.0 Å². The summed E-state index contributed by atoms with van der Waals surface area (Å²) in [6, 6.07) is 5.37. The summed E-state index contributed by atoms with van der Waals surface area (Å²) in [4.78, 5) is 26.8. The summed E-state index contributed by atoms with van der Waals surface area (Å²) in [5, 5.41) is 2.69. The minimum absolute atomic E-state index is 0.0153. The number of hydrogen-bond acceptors (Lipinski definition) is 5. The summed E-state index contributed by atoms with van der Waals surface area (Å²) in [5.41, 5.74) is 0.689. The number of amides is 1. The first kappa shape index (κ1) is 16.7. The lowest BCUT2D eigenvalue weighted by molar-refractivity contribution is -0.142. The van der Waals surface area contributed by atoms with Gasteiger partial charge in [0.1, 0.15) is 11.9 Å². The van der Waals surface area contributed by atoms with Crippen molar-refractivity contribution >= 4 is 11.9 Å². The van der Waals surface area contributed by atoms with Gasteiger partial charge in [0.15, 0.2) is 5.76 Å². The topological polar surface area (TPSA) is 81.4 Å². The van der Waals surface area contributed by atoms with Gasteiger partial charge in [0.2, 0.25) is 11.8 Å². The van der Waals surface area contributed by atoms with Crippen molar-refractivity contribution in [2.75, 3.05) is 7.11 Å². The SMILES string of the molecule is COC(=O)CCC(=O)NC(C)c1ncc(-c2ccc(F)cc2)o1. The Bertz CT molecular complexity index is 682. The Kier molecular flexibility index (Phi) is 5.46. The molecule has 0 fully saturated rings. The van der Waals surface area contributed by atoms with E-state index in [1.165, 1.54) is 25.4 Å². The molecule has 0 radical (unpaired) electrons. The van der Waals surface area contributed by atoms with Crippen molar-refractivity contribution < 1.29 is 23.1 Å². The monoisotopic (exact) mass is 320 g/mol. The first-order chi connectivity index (χ1) is 11.0. The van der Waals surface area contributed by atoms with Crippen molar-refractivity contribution in [2.24, 2.45) is 0 Å². The zero-order valence-electron chi connectivity index (χ0n) is 12.8. The van der Waals surface area contributed by atoms with E-state index in [1.54, 1.807) is 19.1 Å². The second kappa shape index (κ2) is 7.53. The number of ether oxygens (including phenoxy) is 1. The van der Waals surface area contributed by atoms with Crippen LogP contribution in [0.15, 0.2) is 34.9 Å². The molecule has 23 heavy (non-hydrogen) atoms. The van der Waals surface area contributed by atoms with Crippen LogP contribution in [0, 0.1) is 5.82 Å². The van der Waals surface area contributed by atoms with Crippen LogP contribution in [-0.4, -0.2) is 24.0 Å². The summed E-state index contributed by atoms with van der Waals surface area (Å²) < 4.78 is 23.0. The van der Waals surface area contributed by atoms with Crippen molar-refractivity contribution in [3.8, 4) is 11.3 Å². The highest BCUT2D eigenvalue weighted by Crippen LogP contribution is 2.23. The lowest BCUT2D eigenvalue weighted by atomic mass is 10.2. The van der Waals surface area contributed by atoms with Gasteiger partial charge in [-0.2, -0.15) is 0 Å². The number of halogens is 1. The highest BCUT2D eigenvalue weighted by Gasteiger charge is 2.16. The van der Waals surface area contributed by atoms with Crippen LogP contribution in [-0.2, 0) is 14.3 Å². The number of aromatic nitrogens is 1. The van der Waals surface area contributed by atoms with E-state index in [2.05, 4.69) is 15.0 Å². The van der Waals surface area contributed by atoms with Crippen molar-refractivity contribution in [3.63, 3.8) is 0 Å². The molecule has 1 aromatic heterocycles. The fraction of sp³-hybridized carbons (Fsp3) is 0.312. The Morgan fingerprint density at radius 3 is 2.65 bits per heavy atom. The molecule has 1 atom stereocenters. The number of rotatable bonds is 6. The van der Waals surface area contributed by atoms with E-state index in [4.69, 9.17) is 4.42 Å². The van der Waals surface area contributed by atoms with Crippen molar-refractivity contribution in [3.05, 3.63) is 42.2 Å². The molecule has 1 aromatic carbocycles. The van der Waals surface area contributed by atoms with E-state index in [9.17, 15) is 14.0 Å². The molecule has 0 aliphatic rings. The van der Waals surface area contributed by atoms with Crippen LogP contribution in [0.3, 0.4) is 0 Å². The smallest absolute Gasteiger partial charge is 0.306 e. The standard InChI is InChI=1S/C16H17FN2O4/c1-10(19-14(20)7-8-15(21)22-2)16-18-9-13(23-16)11-3-5-12(17)6-4-11/h3-6,9-10H,7-8H2,1-2H3,(H,19,20). The third kappa shape index (κ3) is 4.64. The minimum atomic E-state index is -0.450. The number of oxazole rings is 1. The molecule has 0 bridgehead atoms. The van der Waals surface area contributed by atoms with Crippen LogP contribution >= 0.6 is 0 Å². The number of methoxy groups -OCH3 is 1. The van der Waals surface area contributed by atoms with Gasteiger partial charge < -0.3 is 14.5 Å². The van der Waals surface area contributed by atoms with E-state index in [1.807, 2.05) is 0 Å². The number of benzene rings is 1. The lowest BCUT2D eigenvalue weighted by Crippen LogP contribution is -2.27. The third-order valence-corrected chi connectivity index (χ3v) is 3.18. The van der Waals surface area contributed by atoms with Gasteiger partial charge in [0.05, 0.1) is 19.7 Å². The number of carbonyl (C=O) groups is 2. The normalized spacial score (nSPS) is 11.8. The van der Waals surface area contributed by atoms with Crippen molar-refractivity contribution in [2.45, 2.75) is 25.8 Å². The maximum Gasteiger partial charge on any atom is 0.306 e. The van der Waals surface area contributed by atoms with E-state index in [0.29, 0.717) is 17.2 Å². The summed E-state index contributed by atoms with van der Waals surface area (Å²) in [7, 11) is 1.27. The first-order valence-electron chi connectivity index (χ1n) is 7.07. The summed E-state index contributed by atoms with van der Waals surface area (Å²) in [6.07, 6.45) is 1.56. The van der Waals surface area contributed by atoms with E-state index < -0.39 is 12.0 Å². The molecule has 1 heterocycles. The fourth-order valence-corrected chi connectivity index (χ4v) is 1.93. The van der Waals surface area contributed by atoms with Crippen LogP contribution in [0.2, 0.25) is 0 Å². The third-order valence-electron chi connectivity index (χ3n) is 3.18. The van der Waals surface area contributed by atoms with Crippen LogP contribution in [0.25, 0.3) is 11.3 Å². The number of nitrogens with one attached hydrogen (secondary N) is 1. The van der Waals surface area contributed by atoms with Crippen LogP contribution in [0.1, 0.15) is 31.7 Å². The molecule has 1 amide bonds. The lowest BCUT2D eigenvalue weighted by Gasteiger charge is -2.10. The van der Waals surface area contributed by atoms with Crippen molar-refractivity contribution in [1.82, 2.24) is 10.3 Å². The van der Waals surface area contributed by atoms with Gasteiger partial charge >= 0.3 is 5.97 Å². The van der Waals surface area contributed by atoms with Gasteiger partial charge in [-0.1, -0.05) is 0 Å². The Labute approximate surface area is 132 Å². The molecule has 0 saturated carbocycles. The van der Waals surface area contributed by atoms with Gasteiger partial charge in [-0.15, -0.1) is 0 Å². The zero-order valence-corrected chi connectivity index (χ0v) is 12.8. The second-order valence-corrected chi connectivity index (χ2v) is 4.93. The maximum atomic E-state index is 12.9. The maximum absolute atomic E-state index is 12.9. The molecule has 0 spiro atoms. The number of esters is 1. The molecule has 1 N–H and O–H groups in total. The number of nitrogens with zero attached hydrogens (tertiary/aromatic N) is 1. The predicted octanol–water partition coefficient (Wildman–Crippen LogP) is 2.61. The van der Waals surface area contributed by atoms with Crippen LogP contribution < -0.4 is 5.32 Å². The minimum Gasteiger partial charge on any atom is -0.469 e. The van der Waals surface area contributed by atoms with Crippen LogP contribution in [0.4, 0.5) is 4.39 Å². The first-order valence-corrected chi connectivity index (χ1v) is 7.07. The van der Waals surface area contributed by atoms with Gasteiger partial charge in [0.25, 0.3) is 0 Å². The number of hydrogen-bond donors (Lipinski definition) is 1. The highest BCUT2D eigenvalue weighted by molar-refractivity contribution is 5.81. The summed E-state index contributed by atoms with van der Waals surface area (Å²) in [5.74, 6) is -0.266. The Morgan fingerprint density at radius 2 is 2.00 bits per heavy atom. The molecule has 7 heteroatoms. The Morgan fingerprint density at radius 1 is 1.30 bits per heavy atom. The van der Waals surface area contributed by atoms with Crippen LogP contribution in [0.5, 0.6) is 0 Å². The average molecular weight is 320 g/mol. The molecule has 0 saturated heterocycles. The second-order valence-electron chi connectivity index (χ2n) is 4.93. The highest BCUT2D eigenvalue weighted by atomic mass is 19.1. The van der Waals surface area contributed by atoms with E-state index in [-0.39, 0.29) is 24.6 Å². The molecule has 2 rings (SSSR count). The molecule has 0 aliphatic heterocycles. The average Bonchev–Trinajstić information content (AvgIpc) is 3.03. The van der Waals surface area contributed by atoms with Gasteiger partial charge in [-0.25, -0.2) is 9.37 Å². The number of carbonyl (C=O) groups excluding carboxylic acids is 2. The van der Waals surface area contributed by atoms with Gasteiger partial charge in [-0.05, 0) is 31.2 Å². The molecule has 1 unspecified atom stereocenters. The van der Waals surface area contributed by atoms with Gasteiger partial charge in [-0.3, -0.25) is 9.59 Å². The molecule has 0 aliphatic carbocycles. The molecular formula is C16H17FN2O4. The molecule has 122 valence electrons. The van der Waals surface area contributed by atoms with E-state index >= 15 is 0 Å². The Balaban J connectivity index is 1.95. The Hall–Kier alpha value is -2.70. The zero-order chi connectivity index (χ0) is 16.8. The summed E-state index contributed by atoms with van der Waals surface area (Å²) in [6.45, 7) is 1.72. The van der Waals surface area contributed by atoms with Crippen molar-refractivity contribution in [1.29, 1.82) is 0 Å². The molecule has 2 aromatic rings. The molecular weight excluding hydrogens is 303 g/mol. The predicted molar refractivity (Wildman–Crippen MR) is 79.7 cm³/mol. The molecule has 6 nitrogen and oxygen atoms in total. The quantitative estimate of drug-likeness (QED) is 0.827. The fourth-order valence-electron chi connectivity index (χ4n) is 1.93. The summed E-state index contributed by atoms with van der Waals surface area (Å²) >= 11 is 0. The van der Waals surface area contributed by atoms with E-state index in [0.717, 1.165) is 0 Å².